The van der Waals surface area contributed by atoms with E-state index in [0.29, 0.717) is 16.8 Å². The Morgan fingerprint density at radius 3 is 2.87 bits per heavy atom. The number of pyridine rings is 1. The zero-order valence-electron chi connectivity index (χ0n) is 12.8. The number of halogens is 1. The zero-order valence-corrected chi connectivity index (χ0v) is 14.4. The fourth-order valence-corrected chi connectivity index (χ4v) is 3.58. The largest absolute Gasteiger partial charge is 0.310 e. The molecule has 1 amide bonds. The van der Waals surface area contributed by atoms with Crippen molar-refractivity contribution in [2.45, 2.75) is 36.8 Å². The molecule has 0 saturated heterocycles. The highest BCUT2D eigenvalue weighted by Crippen LogP contribution is 2.33. The summed E-state index contributed by atoms with van der Waals surface area (Å²) in [6.45, 7) is 0. The topological polar surface area (TPSA) is 72.7 Å². The van der Waals surface area contributed by atoms with Gasteiger partial charge in [0, 0.05) is 19.2 Å². The van der Waals surface area contributed by atoms with Crippen LogP contribution in [0.2, 0.25) is 5.02 Å². The Hall–Kier alpha value is -1.60. The molecule has 0 unspecified atom stereocenters. The lowest BCUT2D eigenvalue weighted by atomic mass is 10.1. The van der Waals surface area contributed by atoms with Crippen LogP contribution in [-0.2, 0) is 11.8 Å². The number of carbonyl (C=O) groups is 1. The minimum Gasteiger partial charge on any atom is -0.310 e. The third kappa shape index (κ3) is 4.03. The molecule has 1 aliphatic carbocycles. The van der Waals surface area contributed by atoms with Crippen LogP contribution >= 0.6 is 23.4 Å². The minimum atomic E-state index is -0.129. The highest BCUT2D eigenvalue weighted by atomic mass is 35.5. The average Bonchev–Trinajstić information content (AvgIpc) is 3.17. The Morgan fingerprint density at radius 1 is 1.39 bits per heavy atom. The Bertz CT molecular complexity index is 682. The van der Waals surface area contributed by atoms with E-state index in [1.54, 1.807) is 12.1 Å². The summed E-state index contributed by atoms with van der Waals surface area (Å²) in [7, 11) is 1.97. The van der Waals surface area contributed by atoms with Crippen LogP contribution in [0.1, 0.15) is 37.4 Å². The van der Waals surface area contributed by atoms with Crippen LogP contribution < -0.4 is 5.32 Å². The molecule has 1 saturated carbocycles. The Kier molecular flexibility index (Phi) is 5.17. The van der Waals surface area contributed by atoms with Gasteiger partial charge in [0.1, 0.15) is 11.6 Å². The van der Waals surface area contributed by atoms with E-state index in [1.165, 1.54) is 43.6 Å². The van der Waals surface area contributed by atoms with Crippen LogP contribution in [0.5, 0.6) is 0 Å². The summed E-state index contributed by atoms with van der Waals surface area (Å²) < 4.78 is 2.01. The van der Waals surface area contributed by atoms with Crippen LogP contribution in [0.4, 0.5) is 5.82 Å². The molecule has 1 aliphatic rings. The first-order valence-corrected chi connectivity index (χ1v) is 8.93. The van der Waals surface area contributed by atoms with Gasteiger partial charge >= 0.3 is 0 Å². The maximum atomic E-state index is 12.0. The van der Waals surface area contributed by atoms with Gasteiger partial charge in [-0.3, -0.25) is 4.79 Å². The van der Waals surface area contributed by atoms with Crippen LogP contribution in [-0.4, -0.2) is 31.4 Å². The molecule has 23 heavy (non-hydrogen) atoms. The van der Waals surface area contributed by atoms with Crippen molar-refractivity contribution in [3.8, 4) is 0 Å². The summed E-state index contributed by atoms with van der Waals surface area (Å²) in [5, 5.41) is 12.6. The fourth-order valence-electron chi connectivity index (χ4n) is 2.75. The van der Waals surface area contributed by atoms with E-state index < -0.39 is 0 Å². The van der Waals surface area contributed by atoms with Gasteiger partial charge in [-0.2, -0.15) is 0 Å². The van der Waals surface area contributed by atoms with E-state index in [9.17, 15) is 4.79 Å². The minimum absolute atomic E-state index is 0.129. The molecular weight excluding hydrogens is 334 g/mol. The van der Waals surface area contributed by atoms with E-state index in [-0.39, 0.29) is 11.7 Å². The van der Waals surface area contributed by atoms with E-state index in [0.717, 1.165) is 11.0 Å². The third-order valence-electron chi connectivity index (χ3n) is 3.92. The Balaban J connectivity index is 1.55. The lowest BCUT2D eigenvalue weighted by molar-refractivity contribution is -0.113. The highest BCUT2D eigenvalue weighted by Gasteiger charge is 2.23. The molecule has 0 bridgehead atoms. The second kappa shape index (κ2) is 7.31. The van der Waals surface area contributed by atoms with Crippen molar-refractivity contribution < 1.29 is 4.79 Å². The quantitative estimate of drug-likeness (QED) is 0.837. The van der Waals surface area contributed by atoms with Gasteiger partial charge < -0.3 is 9.88 Å². The summed E-state index contributed by atoms with van der Waals surface area (Å²) >= 11 is 7.15. The molecule has 8 heteroatoms. The first-order chi connectivity index (χ1) is 11.1. The molecule has 0 atom stereocenters. The van der Waals surface area contributed by atoms with Crippen molar-refractivity contribution in [2.75, 3.05) is 11.1 Å². The van der Waals surface area contributed by atoms with Gasteiger partial charge in [-0.15, -0.1) is 10.2 Å². The molecule has 122 valence electrons. The summed E-state index contributed by atoms with van der Waals surface area (Å²) in [4.78, 5) is 16.0. The third-order valence-corrected chi connectivity index (χ3v) is 5.16. The van der Waals surface area contributed by atoms with E-state index >= 15 is 0 Å². The number of nitrogens with one attached hydrogen (secondary N) is 1. The van der Waals surface area contributed by atoms with Crippen LogP contribution in [0.25, 0.3) is 0 Å². The molecule has 2 aromatic rings. The van der Waals surface area contributed by atoms with Gasteiger partial charge in [0.15, 0.2) is 5.16 Å². The first-order valence-electron chi connectivity index (χ1n) is 7.57. The molecule has 0 spiro atoms. The van der Waals surface area contributed by atoms with Crippen molar-refractivity contribution in [1.29, 1.82) is 0 Å². The number of aromatic nitrogens is 4. The van der Waals surface area contributed by atoms with Gasteiger partial charge in [0.25, 0.3) is 0 Å². The van der Waals surface area contributed by atoms with Gasteiger partial charge in [-0.05, 0) is 25.0 Å². The number of anilines is 1. The Morgan fingerprint density at radius 2 is 2.17 bits per heavy atom. The lowest BCUT2D eigenvalue weighted by Gasteiger charge is -2.08. The zero-order chi connectivity index (χ0) is 16.2. The number of thioether (sulfide) groups is 1. The molecule has 1 fully saturated rings. The molecule has 3 rings (SSSR count). The number of rotatable bonds is 5. The van der Waals surface area contributed by atoms with Crippen molar-refractivity contribution in [3.63, 3.8) is 0 Å². The summed E-state index contributed by atoms with van der Waals surface area (Å²) in [5.74, 6) is 2.17. The number of carbonyl (C=O) groups excluding carboxylic acids is 1. The molecule has 6 nitrogen and oxygen atoms in total. The Labute approximate surface area is 144 Å². The SMILES string of the molecule is Cn1c(SCC(=O)Nc2ccc(Cl)cn2)nnc1C1CCCC1. The van der Waals surface area contributed by atoms with Crippen molar-refractivity contribution in [2.24, 2.45) is 7.05 Å². The first kappa shape index (κ1) is 16.3. The molecule has 2 aromatic heterocycles. The van der Waals surface area contributed by atoms with Crippen molar-refractivity contribution in [1.82, 2.24) is 19.7 Å². The number of amides is 1. The van der Waals surface area contributed by atoms with E-state index in [2.05, 4.69) is 20.5 Å². The normalized spacial score (nSPS) is 15.0. The molecule has 1 N–H and O–H groups in total. The van der Waals surface area contributed by atoms with E-state index in [4.69, 9.17) is 11.6 Å². The second-order valence-electron chi connectivity index (χ2n) is 5.58. The average molecular weight is 352 g/mol. The number of hydrogen-bond acceptors (Lipinski definition) is 5. The predicted molar refractivity (Wildman–Crippen MR) is 90.8 cm³/mol. The van der Waals surface area contributed by atoms with E-state index in [1.807, 2.05) is 11.6 Å². The predicted octanol–water partition coefficient (Wildman–Crippen LogP) is 3.25. The van der Waals surface area contributed by atoms with Gasteiger partial charge in [0.05, 0.1) is 10.8 Å². The summed E-state index contributed by atoms with van der Waals surface area (Å²) in [5.41, 5.74) is 0. The summed E-state index contributed by atoms with van der Waals surface area (Å²) in [6, 6.07) is 3.36. The van der Waals surface area contributed by atoms with Crippen LogP contribution in [0.15, 0.2) is 23.5 Å². The standard InChI is InChI=1S/C15H18ClN5OS/c1-21-14(10-4-2-3-5-10)19-20-15(21)23-9-13(22)18-12-7-6-11(16)8-17-12/h6-8,10H,2-5,9H2,1H3,(H,17,18,22). The van der Waals surface area contributed by atoms with Crippen molar-refractivity contribution in [3.05, 3.63) is 29.2 Å². The molecule has 0 aromatic carbocycles. The highest BCUT2D eigenvalue weighted by molar-refractivity contribution is 7.99. The molecule has 2 heterocycles. The lowest BCUT2D eigenvalue weighted by Crippen LogP contribution is -2.15. The monoisotopic (exact) mass is 351 g/mol. The maximum Gasteiger partial charge on any atom is 0.236 e. The van der Waals surface area contributed by atoms with Gasteiger partial charge in [-0.1, -0.05) is 36.2 Å². The second-order valence-corrected chi connectivity index (χ2v) is 6.96. The molecule has 0 radical (unpaired) electrons. The van der Waals surface area contributed by atoms with Gasteiger partial charge in [0.2, 0.25) is 5.91 Å². The fraction of sp³-hybridized carbons (Fsp3) is 0.467. The number of nitrogens with zero attached hydrogens (tertiary/aromatic N) is 4. The molecule has 0 aliphatic heterocycles. The summed E-state index contributed by atoms with van der Waals surface area (Å²) in [6.07, 6.45) is 6.38. The molecular formula is C15H18ClN5OS. The smallest absolute Gasteiger partial charge is 0.236 e. The van der Waals surface area contributed by atoms with Crippen LogP contribution in [0, 0.1) is 0 Å². The number of hydrogen-bond donors (Lipinski definition) is 1. The maximum absolute atomic E-state index is 12.0. The van der Waals surface area contributed by atoms with Crippen LogP contribution in [0.3, 0.4) is 0 Å². The van der Waals surface area contributed by atoms with Gasteiger partial charge in [-0.25, -0.2) is 4.98 Å². The van der Waals surface area contributed by atoms with Crippen molar-refractivity contribution >= 4 is 35.1 Å².